The standard InChI is InChI=1S/C21H22N2O4S2/c1-4-26-21(25)20-14(3)9-18(29-20)23-17(24)10-15-12-28-19(22-15)11-27-16-7-5-13(2)6-8-16/h5-9,12H,4,10-11H2,1-3H3,(H,23,24). The average Bonchev–Trinajstić information content (AvgIpc) is 3.27. The quantitative estimate of drug-likeness (QED) is 0.522. The number of rotatable bonds is 8. The van der Waals surface area contributed by atoms with E-state index in [1.165, 1.54) is 28.2 Å². The van der Waals surface area contributed by atoms with Crippen LogP contribution in [0.2, 0.25) is 0 Å². The molecule has 29 heavy (non-hydrogen) atoms. The van der Waals surface area contributed by atoms with Crippen LogP contribution in [-0.4, -0.2) is 23.5 Å². The van der Waals surface area contributed by atoms with Gasteiger partial charge in [0.05, 0.1) is 23.7 Å². The fraction of sp³-hybridized carbons (Fsp3) is 0.286. The second-order valence-corrected chi connectivity index (χ2v) is 8.40. The van der Waals surface area contributed by atoms with Crippen LogP contribution in [0.5, 0.6) is 5.75 Å². The van der Waals surface area contributed by atoms with E-state index in [0.717, 1.165) is 16.3 Å². The summed E-state index contributed by atoms with van der Waals surface area (Å²) >= 11 is 2.68. The number of carbonyl (C=O) groups is 2. The topological polar surface area (TPSA) is 77.5 Å². The molecule has 6 nitrogen and oxygen atoms in total. The van der Waals surface area contributed by atoms with Gasteiger partial charge in [-0.1, -0.05) is 17.7 Å². The van der Waals surface area contributed by atoms with Crippen LogP contribution < -0.4 is 10.1 Å². The van der Waals surface area contributed by atoms with Crippen molar-refractivity contribution in [2.45, 2.75) is 33.8 Å². The van der Waals surface area contributed by atoms with Crippen LogP contribution in [0.15, 0.2) is 35.7 Å². The number of amides is 1. The summed E-state index contributed by atoms with van der Waals surface area (Å²) in [6.07, 6.45) is 0.159. The molecule has 2 aromatic heterocycles. The lowest BCUT2D eigenvalue weighted by molar-refractivity contribution is -0.115. The second-order valence-electron chi connectivity index (χ2n) is 6.40. The molecular formula is C21H22N2O4S2. The molecule has 8 heteroatoms. The number of aryl methyl sites for hydroxylation is 2. The maximum atomic E-state index is 12.3. The van der Waals surface area contributed by atoms with Crippen LogP contribution in [0.4, 0.5) is 5.00 Å². The third kappa shape index (κ3) is 5.88. The fourth-order valence-corrected chi connectivity index (χ4v) is 4.25. The first kappa shape index (κ1) is 21.0. The number of benzene rings is 1. The molecule has 1 amide bonds. The van der Waals surface area contributed by atoms with Gasteiger partial charge in [0.15, 0.2) is 0 Å². The van der Waals surface area contributed by atoms with Crippen LogP contribution in [0, 0.1) is 13.8 Å². The predicted molar refractivity (Wildman–Crippen MR) is 115 cm³/mol. The van der Waals surface area contributed by atoms with E-state index in [4.69, 9.17) is 9.47 Å². The molecule has 0 radical (unpaired) electrons. The summed E-state index contributed by atoms with van der Waals surface area (Å²) in [4.78, 5) is 29.2. The van der Waals surface area contributed by atoms with Gasteiger partial charge in [-0.3, -0.25) is 4.79 Å². The molecular weight excluding hydrogens is 408 g/mol. The van der Waals surface area contributed by atoms with Gasteiger partial charge in [0.1, 0.15) is 22.2 Å². The summed E-state index contributed by atoms with van der Waals surface area (Å²) in [5.74, 6) is 0.238. The number of thiophene rings is 1. The minimum absolute atomic E-state index is 0.159. The summed E-state index contributed by atoms with van der Waals surface area (Å²) < 4.78 is 10.7. The Morgan fingerprint density at radius 3 is 2.66 bits per heavy atom. The summed E-state index contributed by atoms with van der Waals surface area (Å²) in [5, 5.41) is 6.11. The van der Waals surface area contributed by atoms with Crippen molar-refractivity contribution in [3.05, 3.63) is 62.4 Å². The number of hydrogen-bond donors (Lipinski definition) is 1. The molecule has 0 atom stereocenters. The Balaban J connectivity index is 1.53. The van der Waals surface area contributed by atoms with E-state index in [1.54, 1.807) is 13.0 Å². The van der Waals surface area contributed by atoms with Gasteiger partial charge in [-0.05, 0) is 44.5 Å². The van der Waals surface area contributed by atoms with Crippen molar-refractivity contribution in [3.63, 3.8) is 0 Å². The highest BCUT2D eigenvalue weighted by atomic mass is 32.1. The van der Waals surface area contributed by atoms with Gasteiger partial charge in [-0.2, -0.15) is 0 Å². The molecule has 0 fully saturated rings. The second kappa shape index (κ2) is 9.67. The zero-order chi connectivity index (χ0) is 20.8. The molecule has 0 spiro atoms. The van der Waals surface area contributed by atoms with Crippen molar-refractivity contribution >= 4 is 39.6 Å². The monoisotopic (exact) mass is 430 g/mol. The van der Waals surface area contributed by atoms with E-state index in [1.807, 2.05) is 43.5 Å². The lowest BCUT2D eigenvalue weighted by Gasteiger charge is -2.04. The van der Waals surface area contributed by atoms with Crippen molar-refractivity contribution in [1.82, 2.24) is 4.98 Å². The third-order valence-corrected chi connectivity index (χ3v) is 5.97. The molecule has 0 unspecified atom stereocenters. The predicted octanol–water partition coefficient (Wildman–Crippen LogP) is 4.76. The number of nitrogens with zero attached hydrogens (tertiary/aromatic N) is 1. The minimum Gasteiger partial charge on any atom is -0.486 e. The number of anilines is 1. The molecule has 0 saturated carbocycles. The lowest BCUT2D eigenvalue weighted by atomic mass is 10.2. The first-order valence-electron chi connectivity index (χ1n) is 9.14. The first-order chi connectivity index (χ1) is 13.9. The minimum atomic E-state index is -0.367. The van der Waals surface area contributed by atoms with Crippen LogP contribution in [0.25, 0.3) is 0 Å². The highest BCUT2D eigenvalue weighted by molar-refractivity contribution is 7.18. The van der Waals surface area contributed by atoms with E-state index in [9.17, 15) is 9.59 Å². The van der Waals surface area contributed by atoms with E-state index in [0.29, 0.717) is 28.8 Å². The van der Waals surface area contributed by atoms with Gasteiger partial charge in [0.2, 0.25) is 5.91 Å². The Hall–Kier alpha value is -2.71. The number of hydrogen-bond acceptors (Lipinski definition) is 7. The maximum absolute atomic E-state index is 12.3. The van der Waals surface area contributed by atoms with Crippen LogP contribution >= 0.6 is 22.7 Å². The highest BCUT2D eigenvalue weighted by Crippen LogP contribution is 2.27. The number of nitrogens with one attached hydrogen (secondary N) is 1. The Labute approximate surface area is 177 Å². The lowest BCUT2D eigenvalue weighted by Crippen LogP contribution is -2.13. The maximum Gasteiger partial charge on any atom is 0.348 e. The number of aromatic nitrogens is 1. The molecule has 0 aliphatic rings. The molecule has 2 heterocycles. The van der Waals surface area contributed by atoms with Crippen LogP contribution in [0.3, 0.4) is 0 Å². The van der Waals surface area contributed by atoms with Crippen molar-refractivity contribution in [2.75, 3.05) is 11.9 Å². The van der Waals surface area contributed by atoms with Gasteiger partial charge in [-0.15, -0.1) is 22.7 Å². The summed E-state index contributed by atoms with van der Waals surface area (Å²) in [6.45, 7) is 6.29. The fourth-order valence-electron chi connectivity index (χ4n) is 2.57. The average molecular weight is 431 g/mol. The number of carbonyl (C=O) groups excluding carboxylic acids is 2. The molecule has 0 saturated heterocycles. The van der Waals surface area contributed by atoms with Crippen molar-refractivity contribution < 1.29 is 19.1 Å². The van der Waals surface area contributed by atoms with Gasteiger partial charge in [-0.25, -0.2) is 9.78 Å². The zero-order valence-corrected chi connectivity index (χ0v) is 18.1. The van der Waals surface area contributed by atoms with Gasteiger partial charge in [0.25, 0.3) is 0 Å². The Morgan fingerprint density at radius 2 is 1.93 bits per heavy atom. The van der Waals surface area contributed by atoms with E-state index in [-0.39, 0.29) is 18.3 Å². The third-order valence-electron chi connectivity index (χ3n) is 3.97. The number of thiazole rings is 1. The van der Waals surface area contributed by atoms with Crippen molar-refractivity contribution in [2.24, 2.45) is 0 Å². The van der Waals surface area contributed by atoms with Crippen LogP contribution in [-0.2, 0) is 22.6 Å². The SMILES string of the molecule is CCOC(=O)c1sc(NC(=O)Cc2csc(COc3ccc(C)cc3)n2)cc1C. The smallest absolute Gasteiger partial charge is 0.348 e. The summed E-state index contributed by atoms with van der Waals surface area (Å²) in [6, 6.07) is 9.60. The molecule has 3 rings (SSSR count). The van der Waals surface area contributed by atoms with Gasteiger partial charge < -0.3 is 14.8 Å². The van der Waals surface area contributed by atoms with E-state index >= 15 is 0 Å². The summed E-state index contributed by atoms with van der Waals surface area (Å²) in [7, 11) is 0. The first-order valence-corrected chi connectivity index (χ1v) is 10.8. The number of esters is 1. The molecule has 0 aliphatic carbocycles. The van der Waals surface area contributed by atoms with E-state index < -0.39 is 0 Å². The van der Waals surface area contributed by atoms with E-state index in [2.05, 4.69) is 10.3 Å². The number of ether oxygens (including phenoxy) is 2. The Bertz CT molecular complexity index is 993. The van der Waals surface area contributed by atoms with Crippen LogP contribution in [0.1, 0.15) is 38.4 Å². The Morgan fingerprint density at radius 1 is 1.17 bits per heavy atom. The summed E-state index contributed by atoms with van der Waals surface area (Å²) in [5.41, 5.74) is 2.65. The molecule has 3 aromatic rings. The van der Waals surface area contributed by atoms with Gasteiger partial charge >= 0.3 is 5.97 Å². The molecule has 1 N–H and O–H groups in total. The highest BCUT2D eigenvalue weighted by Gasteiger charge is 2.16. The molecule has 0 bridgehead atoms. The van der Waals surface area contributed by atoms with Crippen molar-refractivity contribution in [3.8, 4) is 5.75 Å². The normalized spacial score (nSPS) is 10.6. The zero-order valence-electron chi connectivity index (χ0n) is 16.5. The largest absolute Gasteiger partial charge is 0.486 e. The molecule has 0 aliphatic heterocycles. The van der Waals surface area contributed by atoms with Crippen molar-refractivity contribution in [1.29, 1.82) is 0 Å². The Kier molecular flexibility index (Phi) is 7.00. The molecule has 1 aromatic carbocycles. The van der Waals surface area contributed by atoms with Gasteiger partial charge in [0, 0.05) is 5.38 Å². The molecule has 152 valence electrons.